The number of Topliss-reactive ketones (excluding diaryl/α,β-unsaturated/α-hetero) is 1. The van der Waals surface area contributed by atoms with E-state index in [0.29, 0.717) is 21.8 Å². The Kier molecular flexibility index (Phi) is 3.86. The third kappa shape index (κ3) is 3.12. The maximum absolute atomic E-state index is 13.2. The molecule has 2 aromatic rings. The number of nitrogen functional groups attached to an aromatic ring is 1. The number of carbonyl (C=O) groups excluding carboxylic acids is 1. The number of benzene rings is 2. The summed E-state index contributed by atoms with van der Waals surface area (Å²) in [6, 6.07) is 9.15. The zero-order chi connectivity index (χ0) is 14.0. The van der Waals surface area contributed by atoms with Crippen molar-refractivity contribution in [2.45, 2.75) is 13.3 Å². The Labute approximate surface area is 116 Å². The summed E-state index contributed by atoms with van der Waals surface area (Å²) in [5.74, 6) is -0.500. The Balaban J connectivity index is 2.28. The van der Waals surface area contributed by atoms with E-state index in [1.807, 2.05) is 6.92 Å². The summed E-state index contributed by atoms with van der Waals surface area (Å²) in [7, 11) is 0. The van der Waals surface area contributed by atoms with Gasteiger partial charge in [0, 0.05) is 22.7 Å². The third-order valence-corrected chi connectivity index (χ3v) is 3.21. The fourth-order valence-electron chi connectivity index (χ4n) is 1.89. The molecule has 2 N–H and O–H groups in total. The number of ketones is 1. The molecule has 2 aromatic carbocycles. The summed E-state index contributed by atoms with van der Waals surface area (Å²) in [6.07, 6.45) is 0.120. The molecule has 0 bridgehead atoms. The van der Waals surface area contributed by atoms with Gasteiger partial charge in [0.2, 0.25) is 0 Å². The van der Waals surface area contributed by atoms with Crippen LogP contribution < -0.4 is 5.73 Å². The first-order chi connectivity index (χ1) is 8.97. The molecule has 98 valence electrons. The van der Waals surface area contributed by atoms with Crippen LogP contribution in [0.5, 0.6) is 0 Å². The van der Waals surface area contributed by atoms with Crippen LogP contribution in [0.1, 0.15) is 21.5 Å². The summed E-state index contributed by atoms with van der Waals surface area (Å²) in [5, 5.41) is 0.482. The van der Waals surface area contributed by atoms with Gasteiger partial charge >= 0.3 is 0 Å². The van der Waals surface area contributed by atoms with Crippen molar-refractivity contribution < 1.29 is 9.18 Å². The summed E-state index contributed by atoms with van der Waals surface area (Å²) in [5.41, 5.74) is 8.06. The second-order valence-corrected chi connectivity index (χ2v) is 4.84. The summed E-state index contributed by atoms with van der Waals surface area (Å²) in [6.45, 7) is 1.84. The van der Waals surface area contributed by atoms with Crippen molar-refractivity contribution in [2.75, 3.05) is 5.73 Å². The van der Waals surface area contributed by atoms with Crippen molar-refractivity contribution in [1.29, 1.82) is 0 Å². The second kappa shape index (κ2) is 5.41. The van der Waals surface area contributed by atoms with Crippen LogP contribution in [0.3, 0.4) is 0 Å². The normalized spacial score (nSPS) is 10.5. The molecule has 0 radical (unpaired) electrons. The molecule has 0 spiro atoms. The first kappa shape index (κ1) is 13.6. The van der Waals surface area contributed by atoms with Gasteiger partial charge in [-0.05, 0) is 48.4 Å². The smallest absolute Gasteiger partial charge is 0.169 e. The standard InChI is InChI=1S/C15H13ClFNO/c1-9-2-4-12(17)6-10(9)7-15(19)13-5-3-11(16)8-14(13)18/h2-6,8H,7,18H2,1H3. The van der Waals surface area contributed by atoms with E-state index < -0.39 is 0 Å². The molecule has 4 heteroatoms. The van der Waals surface area contributed by atoms with Crippen LogP contribution in [0, 0.1) is 12.7 Å². The molecule has 2 nitrogen and oxygen atoms in total. The summed E-state index contributed by atoms with van der Waals surface area (Å²) < 4.78 is 13.2. The van der Waals surface area contributed by atoms with Gasteiger partial charge in [-0.1, -0.05) is 17.7 Å². The number of anilines is 1. The quantitative estimate of drug-likeness (QED) is 0.685. The molecule has 0 fully saturated rings. The number of rotatable bonds is 3. The minimum atomic E-state index is -0.350. The van der Waals surface area contributed by atoms with Crippen molar-refractivity contribution >= 4 is 23.1 Å². The molecular formula is C15H13ClFNO. The first-order valence-corrected chi connectivity index (χ1v) is 6.18. The Morgan fingerprint density at radius 2 is 2.00 bits per heavy atom. The molecule has 0 aliphatic rings. The Bertz CT molecular complexity index is 640. The topological polar surface area (TPSA) is 43.1 Å². The largest absolute Gasteiger partial charge is 0.398 e. The first-order valence-electron chi connectivity index (χ1n) is 5.80. The number of aryl methyl sites for hydroxylation is 1. The lowest BCUT2D eigenvalue weighted by Gasteiger charge is -2.08. The average Bonchev–Trinajstić information content (AvgIpc) is 2.33. The van der Waals surface area contributed by atoms with Gasteiger partial charge in [0.05, 0.1) is 0 Å². The lowest BCUT2D eigenvalue weighted by atomic mass is 9.98. The lowest BCUT2D eigenvalue weighted by molar-refractivity contribution is 0.0993. The van der Waals surface area contributed by atoms with E-state index in [1.165, 1.54) is 18.2 Å². The molecule has 0 unspecified atom stereocenters. The number of hydrogen-bond donors (Lipinski definition) is 1. The van der Waals surface area contributed by atoms with Gasteiger partial charge in [0.25, 0.3) is 0 Å². The minimum Gasteiger partial charge on any atom is -0.398 e. The summed E-state index contributed by atoms with van der Waals surface area (Å²) in [4.78, 5) is 12.2. The van der Waals surface area contributed by atoms with Crippen molar-refractivity contribution in [3.05, 3.63) is 63.9 Å². The van der Waals surface area contributed by atoms with Crippen LogP contribution in [0.15, 0.2) is 36.4 Å². The van der Waals surface area contributed by atoms with Gasteiger partial charge in [-0.15, -0.1) is 0 Å². The van der Waals surface area contributed by atoms with E-state index in [4.69, 9.17) is 17.3 Å². The average molecular weight is 278 g/mol. The molecule has 19 heavy (non-hydrogen) atoms. The van der Waals surface area contributed by atoms with Gasteiger partial charge in [0.1, 0.15) is 5.82 Å². The number of carbonyl (C=O) groups is 1. The van der Waals surface area contributed by atoms with Crippen LogP contribution in [0.25, 0.3) is 0 Å². The molecule has 0 aliphatic carbocycles. The highest BCUT2D eigenvalue weighted by atomic mass is 35.5. The van der Waals surface area contributed by atoms with Gasteiger partial charge in [0.15, 0.2) is 5.78 Å². The van der Waals surface area contributed by atoms with Gasteiger partial charge in [-0.3, -0.25) is 4.79 Å². The van der Waals surface area contributed by atoms with Gasteiger partial charge < -0.3 is 5.73 Å². The summed E-state index contributed by atoms with van der Waals surface area (Å²) >= 11 is 5.79. The highest BCUT2D eigenvalue weighted by Gasteiger charge is 2.12. The van der Waals surface area contributed by atoms with Gasteiger partial charge in [-0.25, -0.2) is 4.39 Å². The maximum Gasteiger partial charge on any atom is 0.169 e. The van der Waals surface area contributed by atoms with Crippen molar-refractivity contribution in [3.63, 3.8) is 0 Å². The molecule has 0 amide bonds. The van der Waals surface area contributed by atoms with Crippen LogP contribution in [-0.4, -0.2) is 5.78 Å². The fraction of sp³-hybridized carbons (Fsp3) is 0.133. The van der Waals surface area contributed by atoms with Gasteiger partial charge in [-0.2, -0.15) is 0 Å². The van der Waals surface area contributed by atoms with Crippen LogP contribution in [0.4, 0.5) is 10.1 Å². The Morgan fingerprint density at radius 1 is 1.26 bits per heavy atom. The molecule has 2 rings (SSSR count). The zero-order valence-corrected chi connectivity index (χ0v) is 11.2. The van der Waals surface area contributed by atoms with Crippen molar-refractivity contribution in [2.24, 2.45) is 0 Å². The molecule has 0 heterocycles. The molecule has 0 atom stereocenters. The Hall–Kier alpha value is -1.87. The fourth-order valence-corrected chi connectivity index (χ4v) is 2.07. The second-order valence-electron chi connectivity index (χ2n) is 4.40. The molecule has 0 aliphatic heterocycles. The zero-order valence-electron chi connectivity index (χ0n) is 10.4. The van der Waals surface area contributed by atoms with Crippen LogP contribution >= 0.6 is 11.6 Å². The molecule has 0 saturated carbocycles. The third-order valence-electron chi connectivity index (χ3n) is 2.98. The predicted octanol–water partition coefficient (Wildman–Crippen LogP) is 3.80. The SMILES string of the molecule is Cc1ccc(F)cc1CC(=O)c1ccc(Cl)cc1N. The predicted molar refractivity (Wildman–Crippen MR) is 75.0 cm³/mol. The van der Waals surface area contributed by atoms with E-state index >= 15 is 0 Å². The van der Waals surface area contributed by atoms with E-state index in [0.717, 1.165) is 5.56 Å². The lowest BCUT2D eigenvalue weighted by Crippen LogP contribution is -2.08. The number of nitrogens with two attached hydrogens (primary N) is 1. The number of hydrogen-bond acceptors (Lipinski definition) is 2. The minimum absolute atomic E-state index is 0.120. The maximum atomic E-state index is 13.2. The highest BCUT2D eigenvalue weighted by Crippen LogP contribution is 2.21. The van der Waals surface area contributed by atoms with Crippen LogP contribution in [-0.2, 0) is 6.42 Å². The molecular weight excluding hydrogens is 265 g/mol. The monoisotopic (exact) mass is 277 g/mol. The van der Waals surface area contributed by atoms with E-state index in [-0.39, 0.29) is 18.0 Å². The number of halogens is 2. The van der Waals surface area contributed by atoms with Crippen LogP contribution in [0.2, 0.25) is 5.02 Å². The van der Waals surface area contributed by atoms with Crippen molar-refractivity contribution in [1.82, 2.24) is 0 Å². The van der Waals surface area contributed by atoms with Crippen molar-refractivity contribution in [3.8, 4) is 0 Å². The van der Waals surface area contributed by atoms with E-state index in [9.17, 15) is 9.18 Å². The molecule has 0 aromatic heterocycles. The van der Waals surface area contributed by atoms with E-state index in [2.05, 4.69) is 0 Å². The Morgan fingerprint density at radius 3 is 2.68 bits per heavy atom. The highest BCUT2D eigenvalue weighted by molar-refractivity contribution is 6.31. The van der Waals surface area contributed by atoms with E-state index in [1.54, 1.807) is 18.2 Å². The molecule has 0 saturated heterocycles.